The van der Waals surface area contributed by atoms with E-state index >= 15 is 0 Å². The summed E-state index contributed by atoms with van der Waals surface area (Å²) in [5.74, 6) is -1.64. The second-order valence-corrected chi connectivity index (χ2v) is 4.68. The fourth-order valence-corrected chi connectivity index (χ4v) is 2.32. The van der Waals surface area contributed by atoms with E-state index in [1.54, 1.807) is 0 Å². The number of amides is 2. The number of rotatable bonds is 3. The lowest BCUT2D eigenvalue weighted by Gasteiger charge is -2.38. The molecule has 1 aliphatic carbocycles. The van der Waals surface area contributed by atoms with Crippen LogP contribution in [0.3, 0.4) is 0 Å². The van der Waals surface area contributed by atoms with Crippen LogP contribution in [0.4, 0.5) is 0 Å². The molecule has 17 heavy (non-hydrogen) atoms. The number of imide groups is 1. The third-order valence-corrected chi connectivity index (χ3v) is 3.66. The number of carbonyl (C=O) groups is 3. The molecule has 6 nitrogen and oxygen atoms in total. The predicted octanol–water partition coefficient (Wildman–Crippen LogP) is -0.413. The van der Waals surface area contributed by atoms with Crippen LogP contribution >= 0.6 is 0 Å². The zero-order valence-corrected chi connectivity index (χ0v) is 9.68. The van der Waals surface area contributed by atoms with Gasteiger partial charge < -0.3 is 10.4 Å². The smallest absolute Gasteiger partial charge is 0.308 e. The Balaban J connectivity index is 1.93. The van der Waals surface area contributed by atoms with Crippen molar-refractivity contribution in [3.63, 3.8) is 0 Å². The molecule has 0 bridgehead atoms. The molecule has 0 spiro atoms. The largest absolute Gasteiger partial charge is 0.481 e. The molecule has 3 atom stereocenters. The quantitative estimate of drug-likeness (QED) is 0.655. The van der Waals surface area contributed by atoms with E-state index < -0.39 is 17.9 Å². The van der Waals surface area contributed by atoms with Crippen molar-refractivity contribution in [2.45, 2.75) is 37.8 Å². The van der Waals surface area contributed by atoms with Crippen molar-refractivity contribution in [1.29, 1.82) is 0 Å². The molecule has 1 saturated heterocycles. The van der Waals surface area contributed by atoms with Gasteiger partial charge in [-0.15, -0.1) is 0 Å². The van der Waals surface area contributed by atoms with E-state index in [9.17, 15) is 14.4 Å². The zero-order valence-electron chi connectivity index (χ0n) is 9.68. The van der Waals surface area contributed by atoms with E-state index in [4.69, 9.17) is 5.11 Å². The molecule has 2 rings (SSSR count). The average Bonchev–Trinajstić information content (AvgIpc) is 2.22. The minimum absolute atomic E-state index is 0.136. The lowest BCUT2D eigenvalue weighted by Crippen LogP contribution is -2.58. The van der Waals surface area contributed by atoms with Crippen LogP contribution in [0.25, 0.3) is 0 Å². The minimum Gasteiger partial charge on any atom is -0.481 e. The summed E-state index contributed by atoms with van der Waals surface area (Å²) in [6.45, 7) is 0. The average molecular weight is 240 g/mol. The number of carboxylic acids is 1. The Morgan fingerprint density at radius 3 is 2.59 bits per heavy atom. The minimum atomic E-state index is -0.818. The standard InChI is InChI=1S/C11H16N2O4/c1-13-9(14)5-4-8(10(13)15)12-7-3-2-6(7)11(16)17/h6-8,12H,2-5H2,1H3,(H,16,17). The number of carboxylic acid groups (broad SMARTS) is 1. The van der Waals surface area contributed by atoms with Crippen molar-refractivity contribution in [2.24, 2.45) is 5.92 Å². The van der Waals surface area contributed by atoms with Gasteiger partial charge in [-0.2, -0.15) is 0 Å². The Kier molecular flexibility index (Phi) is 3.15. The third kappa shape index (κ3) is 2.17. The van der Waals surface area contributed by atoms with Gasteiger partial charge >= 0.3 is 5.97 Å². The SMILES string of the molecule is CN1C(=O)CCC(NC2CCC2C(=O)O)C1=O. The normalized spacial score (nSPS) is 33.5. The molecule has 0 radical (unpaired) electrons. The first-order chi connectivity index (χ1) is 8.00. The summed E-state index contributed by atoms with van der Waals surface area (Å²) < 4.78 is 0. The highest BCUT2D eigenvalue weighted by atomic mass is 16.4. The first-order valence-electron chi connectivity index (χ1n) is 5.80. The van der Waals surface area contributed by atoms with Gasteiger partial charge in [0.15, 0.2) is 0 Å². The Bertz CT molecular complexity index is 368. The Morgan fingerprint density at radius 2 is 2.06 bits per heavy atom. The second kappa shape index (κ2) is 4.44. The van der Waals surface area contributed by atoms with E-state index in [-0.39, 0.29) is 17.9 Å². The maximum absolute atomic E-state index is 11.8. The summed E-state index contributed by atoms with van der Waals surface area (Å²) in [5.41, 5.74) is 0. The van der Waals surface area contributed by atoms with Crippen LogP contribution in [0.5, 0.6) is 0 Å². The van der Waals surface area contributed by atoms with E-state index in [0.29, 0.717) is 19.3 Å². The summed E-state index contributed by atoms with van der Waals surface area (Å²) >= 11 is 0. The monoisotopic (exact) mass is 240 g/mol. The van der Waals surface area contributed by atoms with Crippen LogP contribution in [0.2, 0.25) is 0 Å². The number of carbonyl (C=O) groups excluding carboxylic acids is 2. The highest BCUT2D eigenvalue weighted by molar-refractivity contribution is 6.00. The molecule has 0 aromatic heterocycles. The molecular formula is C11H16N2O4. The number of likely N-dealkylation sites (N-methyl/N-ethyl adjacent to an activating group) is 1. The van der Waals surface area contributed by atoms with Crippen molar-refractivity contribution < 1.29 is 19.5 Å². The Labute approximate surface area is 99.0 Å². The number of hydrogen-bond acceptors (Lipinski definition) is 4. The van der Waals surface area contributed by atoms with Crippen LogP contribution in [-0.4, -0.2) is 46.9 Å². The summed E-state index contributed by atoms with van der Waals surface area (Å²) in [4.78, 5) is 35.0. The lowest BCUT2D eigenvalue weighted by atomic mass is 9.79. The van der Waals surface area contributed by atoms with Gasteiger partial charge in [-0.1, -0.05) is 0 Å². The molecule has 2 aliphatic rings. The summed E-state index contributed by atoms with van der Waals surface area (Å²) in [7, 11) is 1.47. The van der Waals surface area contributed by atoms with Gasteiger partial charge in [-0.3, -0.25) is 19.3 Å². The molecule has 0 aromatic rings. The molecule has 6 heteroatoms. The molecule has 2 amide bonds. The molecule has 1 heterocycles. The number of likely N-dealkylation sites (tertiary alicyclic amines) is 1. The predicted molar refractivity (Wildman–Crippen MR) is 58.1 cm³/mol. The van der Waals surface area contributed by atoms with Gasteiger partial charge in [0, 0.05) is 19.5 Å². The highest BCUT2D eigenvalue weighted by Crippen LogP contribution is 2.29. The van der Waals surface area contributed by atoms with Crippen molar-refractivity contribution in [3.05, 3.63) is 0 Å². The number of piperidine rings is 1. The van der Waals surface area contributed by atoms with Crippen LogP contribution < -0.4 is 5.32 Å². The van der Waals surface area contributed by atoms with Gasteiger partial charge in [0.2, 0.25) is 11.8 Å². The molecule has 2 N–H and O–H groups in total. The van der Waals surface area contributed by atoms with Gasteiger partial charge in [0.25, 0.3) is 0 Å². The fraction of sp³-hybridized carbons (Fsp3) is 0.727. The number of aliphatic carboxylic acids is 1. The van der Waals surface area contributed by atoms with Crippen LogP contribution in [0, 0.1) is 5.92 Å². The lowest BCUT2D eigenvalue weighted by molar-refractivity contribution is -0.151. The number of nitrogens with one attached hydrogen (secondary N) is 1. The fourth-order valence-electron chi connectivity index (χ4n) is 2.32. The molecule has 2 fully saturated rings. The van der Waals surface area contributed by atoms with Crippen molar-refractivity contribution in [3.8, 4) is 0 Å². The molecule has 1 saturated carbocycles. The first-order valence-corrected chi connectivity index (χ1v) is 5.80. The van der Waals surface area contributed by atoms with E-state index in [2.05, 4.69) is 5.32 Å². The molecule has 0 aromatic carbocycles. The summed E-state index contributed by atoms with van der Waals surface area (Å²) in [6, 6.07) is -0.548. The van der Waals surface area contributed by atoms with E-state index in [0.717, 1.165) is 11.3 Å². The first kappa shape index (κ1) is 12.0. The van der Waals surface area contributed by atoms with Crippen molar-refractivity contribution >= 4 is 17.8 Å². The third-order valence-electron chi connectivity index (χ3n) is 3.66. The molecule has 3 unspecified atom stereocenters. The number of nitrogens with zero attached hydrogens (tertiary/aromatic N) is 1. The topological polar surface area (TPSA) is 86.7 Å². The van der Waals surface area contributed by atoms with Crippen LogP contribution in [0.15, 0.2) is 0 Å². The Hall–Kier alpha value is -1.43. The molecular weight excluding hydrogens is 224 g/mol. The van der Waals surface area contributed by atoms with Gasteiger partial charge in [0.05, 0.1) is 12.0 Å². The van der Waals surface area contributed by atoms with Gasteiger partial charge in [-0.05, 0) is 19.3 Å². The maximum atomic E-state index is 11.8. The van der Waals surface area contributed by atoms with Crippen molar-refractivity contribution in [2.75, 3.05) is 7.05 Å². The van der Waals surface area contributed by atoms with Crippen LogP contribution in [0.1, 0.15) is 25.7 Å². The second-order valence-electron chi connectivity index (χ2n) is 4.68. The zero-order chi connectivity index (χ0) is 12.6. The number of hydrogen-bond donors (Lipinski definition) is 2. The van der Waals surface area contributed by atoms with E-state index in [1.165, 1.54) is 7.05 Å². The summed E-state index contributed by atoms with van der Waals surface area (Å²) in [5, 5.41) is 12.0. The van der Waals surface area contributed by atoms with Crippen LogP contribution in [-0.2, 0) is 14.4 Å². The van der Waals surface area contributed by atoms with Gasteiger partial charge in [0.1, 0.15) is 0 Å². The van der Waals surface area contributed by atoms with Gasteiger partial charge in [-0.25, -0.2) is 0 Å². The highest BCUT2D eigenvalue weighted by Gasteiger charge is 2.40. The summed E-state index contributed by atoms with van der Waals surface area (Å²) in [6.07, 6.45) is 2.23. The molecule has 94 valence electrons. The Morgan fingerprint density at radius 1 is 1.35 bits per heavy atom. The van der Waals surface area contributed by atoms with Crippen molar-refractivity contribution in [1.82, 2.24) is 10.2 Å². The van der Waals surface area contributed by atoms with E-state index in [1.807, 2.05) is 0 Å². The maximum Gasteiger partial charge on any atom is 0.308 e. The molecule has 1 aliphatic heterocycles.